The molecule has 1 N–H and O–H groups in total. The Labute approximate surface area is 128 Å². The van der Waals surface area contributed by atoms with Gasteiger partial charge in [-0.25, -0.2) is 4.98 Å². The van der Waals surface area contributed by atoms with E-state index in [9.17, 15) is 4.79 Å². The van der Waals surface area contributed by atoms with Crippen LogP contribution in [0.2, 0.25) is 5.02 Å². The number of halogens is 1. The number of carbonyl (C=O) groups is 1. The lowest BCUT2D eigenvalue weighted by Crippen LogP contribution is -2.38. The van der Waals surface area contributed by atoms with Crippen LogP contribution in [-0.2, 0) is 0 Å². The maximum Gasteiger partial charge on any atom is 0.270 e. The first-order valence-corrected chi connectivity index (χ1v) is 7.94. The molecule has 1 amide bonds. The molecule has 108 valence electrons. The highest BCUT2D eigenvalue weighted by molar-refractivity contribution is 6.35. The Morgan fingerprint density at radius 3 is 2.86 bits per heavy atom. The highest BCUT2D eigenvalue weighted by Crippen LogP contribution is 2.44. The third kappa shape index (κ3) is 2.30. The predicted octanol–water partition coefficient (Wildman–Crippen LogP) is 3.81. The zero-order chi connectivity index (χ0) is 14.4. The van der Waals surface area contributed by atoms with E-state index in [2.05, 4.69) is 10.3 Å². The molecule has 1 aromatic carbocycles. The van der Waals surface area contributed by atoms with Crippen LogP contribution in [0.15, 0.2) is 30.3 Å². The number of fused-ring (bicyclic) bond motifs is 3. The second kappa shape index (κ2) is 4.99. The van der Waals surface area contributed by atoms with Crippen LogP contribution in [-0.4, -0.2) is 16.9 Å². The first kappa shape index (κ1) is 13.1. The lowest BCUT2D eigenvalue weighted by molar-refractivity contribution is 0.0918. The van der Waals surface area contributed by atoms with Crippen LogP contribution in [0.5, 0.6) is 0 Å². The van der Waals surface area contributed by atoms with Crippen molar-refractivity contribution in [2.45, 2.75) is 31.7 Å². The summed E-state index contributed by atoms with van der Waals surface area (Å²) in [6.07, 6.45) is 4.98. The number of carbonyl (C=O) groups excluding carboxylic acids is 1. The SMILES string of the molecule is O=C(NC1CC2CCC1C2)c1cc(Cl)c2ccccc2n1. The molecule has 0 spiro atoms. The largest absolute Gasteiger partial charge is 0.348 e. The van der Waals surface area contributed by atoms with Crippen molar-refractivity contribution in [1.82, 2.24) is 10.3 Å². The van der Waals surface area contributed by atoms with Crippen molar-refractivity contribution in [1.29, 1.82) is 0 Å². The van der Waals surface area contributed by atoms with E-state index < -0.39 is 0 Å². The average Bonchev–Trinajstić information content (AvgIpc) is 3.10. The van der Waals surface area contributed by atoms with E-state index in [1.807, 2.05) is 24.3 Å². The molecule has 3 atom stereocenters. The zero-order valence-corrected chi connectivity index (χ0v) is 12.4. The number of rotatable bonds is 2. The first-order valence-electron chi connectivity index (χ1n) is 7.57. The molecular formula is C17H17ClN2O. The van der Waals surface area contributed by atoms with Crippen LogP contribution in [0.3, 0.4) is 0 Å². The molecular weight excluding hydrogens is 284 g/mol. The summed E-state index contributed by atoms with van der Waals surface area (Å²) in [4.78, 5) is 16.9. The Kier molecular flexibility index (Phi) is 3.11. The number of nitrogens with one attached hydrogen (secondary N) is 1. The van der Waals surface area contributed by atoms with Gasteiger partial charge in [0.2, 0.25) is 0 Å². The molecule has 0 saturated heterocycles. The van der Waals surface area contributed by atoms with Crippen LogP contribution in [0, 0.1) is 11.8 Å². The van der Waals surface area contributed by atoms with E-state index in [0.29, 0.717) is 22.7 Å². The van der Waals surface area contributed by atoms with Gasteiger partial charge in [-0.2, -0.15) is 0 Å². The highest BCUT2D eigenvalue weighted by Gasteiger charge is 2.40. The Morgan fingerprint density at radius 2 is 2.10 bits per heavy atom. The van der Waals surface area contributed by atoms with E-state index in [4.69, 9.17) is 11.6 Å². The molecule has 2 saturated carbocycles. The normalized spacial score (nSPS) is 27.2. The molecule has 2 aliphatic rings. The minimum atomic E-state index is -0.0970. The molecule has 2 fully saturated rings. The van der Waals surface area contributed by atoms with Gasteiger partial charge >= 0.3 is 0 Å². The van der Waals surface area contributed by atoms with Crippen LogP contribution in [0.1, 0.15) is 36.2 Å². The van der Waals surface area contributed by atoms with Gasteiger partial charge in [-0.15, -0.1) is 0 Å². The highest BCUT2D eigenvalue weighted by atomic mass is 35.5. The topological polar surface area (TPSA) is 42.0 Å². The second-order valence-electron chi connectivity index (χ2n) is 6.26. The number of aromatic nitrogens is 1. The molecule has 2 aromatic rings. The van der Waals surface area contributed by atoms with Crippen LogP contribution in [0.4, 0.5) is 0 Å². The number of benzene rings is 1. The van der Waals surface area contributed by atoms with E-state index in [1.54, 1.807) is 6.07 Å². The maximum atomic E-state index is 12.4. The van der Waals surface area contributed by atoms with Crippen molar-refractivity contribution in [2.24, 2.45) is 11.8 Å². The van der Waals surface area contributed by atoms with Gasteiger partial charge in [0.05, 0.1) is 10.5 Å². The van der Waals surface area contributed by atoms with Gasteiger partial charge in [0.1, 0.15) is 5.69 Å². The second-order valence-corrected chi connectivity index (χ2v) is 6.67. The fourth-order valence-corrected chi connectivity index (χ4v) is 4.18. The molecule has 4 heteroatoms. The quantitative estimate of drug-likeness (QED) is 0.916. The van der Waals surface area contributed by atoms with Crippen molar-refractivity contribution in [2.75, 3.05) is 0 Å². The number of pyridine rings is 1. The van der Waals surface area contributed by atoms with E-state index in [-0.39, 0.29) is 5.91 Å². The summed E-state index contributed by atoms with van der Waals surface area (Å²) in [5.41, 5.74) is 1.18. The standard InChI is InChI=1S/C17H17ClN2O/c18-13-9-16(19-14-4-2-1-3-12(13)14)17(21)20-15-8-10-5-6-11(15)7-10/h1-4,9-11,15H,5-8H2,(H,20,21). The number of amides is 1. The van der Waals surface area contributed by atoms with Gasteiger partial charge in [0.25, 0.3) is 5.91 Å². The van der Waals surface area contributed by atoms with Crippen LogP contribution >= 0.6 is 11.6 Å². The van der Waals surface area contributed by atoms with Gasteiger partial charge in [0, 0.05) is 11.4 Å². The molecule has 2 bridgehead atoms. The molecule has 0 aliphatic heterocycles. The van der Waals surface area contributed by atoms with Crippen molar-refractivity contribution in [3.8, 4) is 0 Å². The number of para-hydroxylation sites is 1. The van der Waals surface area contributed by atoms with Crippen molar-refractivity contribution in [3.05, 3.63) is 41.0 Å². The Balaban J connectivity index is 1.59. The molecule has 21 heavy (non-hydrogen) atoms. The number of hydrogen-bond donors (Lipinski definition) is 1. The van der Waals surface area contributed by atoms with Crippen LogP contribution < -0.4 is 5.32 Å². The third-order valence-corrected chi connectivity index (χ3v) is 5.27. The van der Waals surface area contributed by atoms with Crippen LogP contribution in [0.25, 0.3) is 10.9 Å². The summed E-state index contributed by atoms with van der Waals surface area (Å²) in [7, 11) is 0. The molecule has 2 aliphatic carbocycles. The monoisotopic (exact) mass is 300 g/mol. The summed E-state index contributed by atoms with van der Waals surface area (Å²) >= 11 is 6.27. The predicted molar refractivity (Wildman–Crippen MR) is 83.5 cm³/mol. The van der Waals surface area contributed by atoms with Gasteiger partial charge in [0.15, 0.2) is 0 Å². The first-order chi connectivity index (χ1) is 10.2. The number of nitrogens with zero attached hydrogens (tertiary/aromatic N) is 1. The fourth-order valence-electron chi connectivity index (χ4n) is 3.91. The average molecular weight is 301 g/mol. The fraction of sp³-hybridized carbons (Fsp3) is 0.412. The maximum absolute atomic E-state index is 12.4. The van der Waals surface area contributed by atoms with Crippen molar-refractivity contribution < 1.29 is 4.79 Å². The van der Waals surface area contributed by atoms with Gasteiger partial charge in [-0.3, -0.25) is 4.79 Å². The third-order valence-electron chi connectivity index (χ3n) is 4.95. The molecule has 1 heterocycles. The Bertz CT molecular complexity index is 715. The summed E-state index contributed by atoms with van der Waals surface area (Å²) in [6.45, 7) is 0. The van der Waals surface area contributed by atoms with Crippen molar-refractivity contribution in [3.63, 3.8) is 0 Å². The summed E-state index contributed by atoms with van der Waals surface area (Å²) in [5, 5.41) is 4.63. The smallest absolute Gasteiger partial charge is 0.270 e. The van der Waals surface area contributed by atoms with Gasteiger partial charge in [-0.1, -0.05) is 36.2 Å². The lowest BCUT2D eigenvalue weighted by Gasteiger charge is -2.22. The lowest BCUT2D eigenvalue weighted by atomic mass is 9.95. The molecule has 0 radical (unpaired) electrons. The van der Waals surface area contributed by atoms with E-state index >= 15 is 0 Å². The minimum Gasteiger partial charge on any atom is -0.348 e. The van der Waals surface area contributed by atoms with Gasteiger partial charge < -0.3 is 5.32 Å². The zero-order valence-electron chi connectivity index (χ0n) is 11.7. The molecule has 3 unspecified atom stereocenters. The molecule has 4 rings (SSSR count). The summed E-state index contributed by atoms with van der Waals surface area (Å²) < 4.78 is 0. The summed E-state index contributed by atoms with van der Waals surface area (Å²) in [5.74, 6) is 1.38. The van der Waals surface area contributed by atoms with E-state index in [1.165, 1.54) is 19.3 Å². The van der Waals surface area contributed by atoms with Crippen molar-refractivity contribution >= 4 is 28.4 Å². The van der Waals surface area contributed by atoms with E-state index in [0.717, 1.165) is 23.2 Å². The Hall–Kier alpha value is -1.61. The van der Waals surface area contributed by atoms with Gasteiger partial charge in [-0.05, 0) is 43.2 Å². The summed E-state index contributed by atoms with van der Waals surface area (Å²) in [6, 6.07) is 9.63. The number of hydrogen-bond acceptors (Lipinski definition) is 2. The minimum absolute atomic E-state index is 0.0970. The Morgan fingerprint density at radius 1 is 1.24 bits per heavy atom. The molecule has 1 aromatic heterocycles. The molecule has 3 nitrogen and oxygen atoms in total.